The number of benzene rings is 1. The minimum atomic E-state index is -0.144. The summed E-state index contributed by atoms with van der Waals surface area (Å²) in [5, 5.41) is 12.3. The maximum Gasteiger partial charge on any atom is 0.229 e. The number of nitrogens with one attached hydrogen (secondary N) is 1. The Kier molecular flexibility index (Phi) is 5.50. The molecule has 1 aliphatic heterocycles. The molecule has 1 saturated heterocycles. The van der Waals surface area contributed by atoms with E-state index in [2.05, 4.69) is 20.4 Å². The van der Waals surface area contributed by atoms with Gasteiger partial charge in [-0.2, -0.15) is 0 Å². The van der Waals surface area contributed by atoms with Crippen molar-refractivity contribution in [3.63, 3.8) is 0 Å². The SMILES string of the molecule is O=C(Nc1ccc(Cl)c(Cl)c1)C1CCCN(c2ccc(-c3ccco3)nn2)C1. The monoisotopic (exact) mass is 416 g/mol. The highest BCUT2D eigenvalue weighted by Crippen LogP contribution is 2.27. The van der Waals surface area contributed by atoms with Gasteiger partial charge in [-0.1, -0.05) is 23.2 Å². The lowest BCUT2D eigenvalue weighted by molar-refractivity contribution is -0.120. The van der Waals surface area contributed by atoms with Crippen molar-refractivity contribution in [2.75, 3.05) is 23.3 Å². The number of carbonyl (C=O) groups excluding carboxylic acids is 1. The fourth-order valence-electron chi connectivity index (χ4n) is 3.27. The van der Waals surface area contributed by atoms with Gasteiger partial charge in [0.2, 0.25) is 5.91 Å². The van der Waals surface area contributed by atoms with Crippen molar-refractivity contribution in [3.05, 3.63) is 58.8 Å². The first kappa shape index (κ1) is 18.8. The van der Waals surface area contributed by atoms with Gasteiger partial charge in [0, 0.05) is 18.8 Å². The second-order valence-corrected chi connectivity index (χ2v) is 7.47. The van der Waals surface area contributed by atoms with Gasteiger partial charge in [0.1, 0.15) is 5.69 Å². The molecule has 0 radical (unpaired) electrons. The Labute approximate surface area is 172 Å². The number of furan rings is 1. The van der Waals surface area contributed by atoms with Gasteiger partial charge in [0.15, 0.2) is 11.6 Å². The number of aromatic nitrogens is 2. The second-order valence-electron chi connectivity index (χ2n) is 6.66. The van der Waals surface area contributed by atoms with Crippen molar-refractivity contribution in [1.82, 2.24) is 10.2 Å². The predicted molar refractivity (Wildman–Crippen MR) is 110 cm³/mol. The fourth-order valence-corrected chi connectivity index (χ4v) is 3.57. The highest BCUT2D eigenvalue weighted by molar-refractivity contribution is 6.42. The van der Waals surface area contributed by atoms with Gasteiger partial charge in [-0.3, -0.25) is 4.79 Å². The molecule has 0 saturated carbocycles. The molecule has 1 fully saturated rings. The fraction of sp³-hybridized carbons (Fsp3) is 0.250. The van der Waals surface area contributed by atoms with Crippen molar-refractivity contribution >= 4 is 40.6 Å². The summed E-state index contributed by atoms with van der Waals surface area (Å²) >= 11 is 11.9. The lowest BCUT2D eigenvalue weighted by Gasteiger charge is -2.32. The smallest absolute Gasteiger partial charge is 0.229 e. The molecule has 4 rings (SSSR count). The third-order valence-corrected chi connectivity index (χ3v) is 5.47. The number of hydrogen-bond donors (Lipinski definition) is 1. The van der Waals surface area contributed by atoms with Crippen LogP contribution in [-0.2, 0) is 4.79 Å². The van der Waals surface area contributed by atoms with Gasteiger partial charge >= 0.3 is 0 Å². The average Bonchev–Trinajstić information content (AvgIpc) is 3.26. The van der Waals surface area contributed by atoms with Gasteiger partial charge in [-0.15, -0.1) is 10.2 Å². The Bertz CT molecular complexity index is 961. The van der Waals surface area contributed by atoms with Crippen LogP contribution in [0.5, 0.6) is 0 Å². The average molecular weight is 417 g/mol. The number of amides is 1. The Hall–Kier alpha value is -2.57. The summed E-state index contributed by atoms with van der Waals surface area (Å²) in [6.45, 7) is 1.42. The van der Waals surface area contributed by atoms with Crippen LogP contribution in [-0.4, -0.2) is 29.2 Å². The largest absolute Gasteiger partial charge is 0.463 e. The molecule has 1 N–H and O–H groups in total. The quantitative estimate of drug-likeness (QED) is 0.654. The van der Waals surface area contributed by atoms with E-state index < -0.39 is 0 Å². The number of carbonyl (C=O) groups is 1. The van der Waals surface area contributed by atoms with Crippen molar-refractivity contribution < 1.29 is 9.21 Å². The summed E-state index contributed by atoms with van der Waals surface area (Å²) in [6.07, 6.45) is 3.33. The molecular weight excluding hydrogens is 399 g/mol. The van der Waals surface area contributed by atoms with Gasteiger partial charge < -0.3 is 14.6 Å². The van der Waals surface area contributed by atoms with E-state index in [0.29, 0.717) is 33.7 Å². The first-order valence-electron chi connectivity index (χ1n) is 8.98. The molecule has 144 valence electrons. The van der Waals surface area contributed by atoms with Gasteiger partial charge in [0.25, 0.3) is 0 Å². The minimum Gasteiger partial charge on any atom is -0.463 e. The third kappa shape index (κ3) is 4.13. The number of halogens is 2. The van der Waals surface area contributed by atoms with Crippen LogP contribution in [0.4, 0.5) is 11.5 Å². The Morgan fingerprint density at radius 2 is 2.04 bits per heavy atom. The van der Waals surface area contributed by atoms with Crippen LogP contribution in [0.3, 0.4) is 0 Å². The number of hydrogen-bond acceptors (Lipinski definition) is 5. The van der Waals surface area contributed by atoms with Crippen LogP contribution < -0.4 is 10.2 Å². The summed E-state index contributed by atoms with van der Waals surface area (Å²) in [7, 11) is 0. The molecule has 6 nitrogen and oxygen atoms in total. The van der Waals surface area contributed by atoms with Crippen LogP contribution >= 0.6 is 23.2 Å². The topological polar surface area (TPSA) is 71.3 Å². The molecular formula is C20H18Cl2N4O2. The maximum absolute atomic E-state index is 12.7. The van der Waals surface area contributed by atoms with E-state index in [9.17, 15) is 4.79 Å². The van der Waals surface area contributed by atoms with Crippen molar-refractivity contribution in [3.8, 4) is 11.5 Å². The minimum absolute atomic E-state index is 0.0387. The van der Waals surface area contributed by atoms with Crippen molar-refractivity contribution in [2.24, 2.45) is 5.92 Å². The molecule has 2 aromatic heterocycles. The Morgan fingerprint density at radius 1 is 1.14 bits per heavy atom. The molecule has 1 atom stereocenters. The van der Waals surface area contributed by atoms with E-state index in [0.717, 1.165) is 25.2 Å². The summed E-state index contributed by atoms with van der Waals surface area (Å²) in [5.41, 5.74) is 1.32. The first-order chi connectivity index (χ1) is 13.6. The molecule has 1 aliphatic rings. The normalized spacial score (nSPS) is 16.8. The highest BCUT2D eigenvalue weighted by atomic mass is 35.5. The predicted octanol–water partition coefficient (Wildman–Crippen LogP) is 4.90. The Morgan fingerprint density at radius 3 is 2.75 bits per heavy atom. The van der Waals surface area contributed by atoms with Crippen molar-refractivity contribution in [2.45, 2.75) is 12.8 Å². The summed E-state index contributed by atoms with van der Waals surface area (Å²) in [4.78, 5) is 14.8. The van der Waals surface area contributed by atoms with Crippen molar-refractivity contribution in [1.29, 1.82) is 0 Å². The van der Waals surface area contributed by atoms with E-state index in [1.807, 2.05) is 24.3 Å². The van der Waals surface area contributed by atoms with E-state index in [-0.39, 0.29) is 11.8 Å². The van der Waals surface area contributed by atoms with E-state index in [1.165, 1.54) is 0 Å². The Balaban J connectivity index is 1.42. The molecule has 3 heterocycles. The molecule has 1 amide bonds. The summed E-state index contributed by atoms with van der Waals surface area (Å²) < 4.78 is 5.34. The highest BCUT2D eigenvalue weighted by Gasteiger charge is 2.27. The van der Waals surface area contributed by atoms with Crippen LogP contribution in [0.1, 0.15) is 12.8 Å². The lowest BCUT2D eigenvalue weighted by Crippen LogP contribution is -2.41. The third-order valence-electron chi connectivity index (χ3n) is 4.73. The molecule has 0 aliphatic carbocycles. The van der Waals surface area contributed by atoms with Crippen LogP contribution in [0.25, 0.3) is 11.5 Å². The lowest BCUT2D eigenvalue weighted by atomic mass is 9.97. The van der Waals surface area contributed by atoms with Crippen LogP contribution in [0, 0.1) is 5.92 Å². The van der Waals surface area contributed by atoms with Crippen LogP contribution in [0.2, 0.25) is 10.0 Å². The zero-order valence-electron chi connectivity index (χ0n) is 14.9. The second kappa shape index (κ2) is 8.20. The molecule has 1 unspecified atom stereocenters. The summed E-state index contributed by atoms with van der Waals surface area (Å²) in [5.74, 6) is 1.25. The number of piperidine rings is 1. The standard InChI is InChI=1S/C20H18Cl2N4O2/c21-15-6-5-14(11-16(15)22)23-20(27)13-3-1-9-26(12-13)19-8-7-17(24-25-19)18-4-2-10-28-18/h2,4-8,10-11,13H,1,3,9,12H2,(H,23,27). The maximum atomic E-state index is 12.7. The van der Waals surface area contributed by atoms with E-state index in [1.54, 1.807) is 24.5 Å². The molecule has 0 bridgehead atoms. The zero-order chi connectivity index (χ0) is 19.5. The molecule has 8 heteroatoms. The molecule has 1 aromatic carbocycles. The number of anilines is 2. The summed E-state index contributed by atoms with van der Waals surface area (Å²) in [6, 6.07) is 12.5. The first-order valence-corrected chi connectivity index (χ1v) is 9.74. The van der Waals surface area contributed by atoms with Crippen LogP contribution in [0.15, 0.2) is 53.1 Å². The molecule has 3 aromatic rings. The van der Waals surface area contributed by atoms with Gasteiger partial charge in [-0.05, 0) is 55.3 Å². The van der Waals surface area contributed by atoms with Gasteiger partial charge in [0.05, 0.1) is 22.2 Å². The van der Waals surface area contributed by atoms with Gasteiger partial charge in [-0.25, -0.2) is 0 Å². The zero-order valence-corrected chi connectivity index (χ0v) is 16.5. The molecule has 0 spiro atoms. The van der Waals surface area contributed by atoms with E-state index in [4.69, 9.17) is 27.6 Å². The number of nitrogens with zero attached hydrogens (tertiary/aromatic N) is 3. The number of rotatable bonds is 4. The van der Waals surface area contributed by atoms with E-state index >= 15 is 0 Å². The molecule has 28 heavy (non-hydrogen) atoms.